The van der Waals surface area contributed by atoms with E-state index in [0.717, 1.165) is 20.4 Å². The summed E-state index contributed by atoms with van der Waals surface area (Å²) in [5, 5.41) is 0. The second-order valence-electron chi connectivity index (χ2n) is 6.14. The van der Waals surface area contributed by atoms with E-state index in [1.807, 2.05) is 12.1 Å². The summed E-state index contributed by atoms with van der Waals surface area (Å²) in [4.78, 5) is 0. The molecule has 0 spiro atoms. The van der Waals surface area contributed by atoms with Gasteiger partial charge in [-0.1, -0.05) is 0 Å². The predicted octanol–water partition coefficient (Wildman–Crippen LogP) is 5.64. The minimum atomic E-state index is -1.60. The van der Waals surface area contributed by atoms with Crippen molar-refractivity contribution in [2.75, 3.05) is 0 Å². The Morgan fingerprint density at radius 1 is 0.722 bits per heavy atom. The van der Waals surface area contributed by atoms with Crippen LogP contribution in [0.15, 0.2) is 21.1 Å². The molecule has 1 aromatic rings. The molecule has 0 amide bonds. The Morgan fingerprint density at radius 3 is 1.22 bits per heavy atom. The Morgan fingerprint density at radius 2 is 1.00 bits per heavy atom. The van der Waals surface area contributed by atoms with Crippen LogP contribution >= 0.6 is 31.9 Å². The van der Waals surface area contributed by atoms with Crippen molar-refractivity contribution in [1.29, 1.82) is 0 Å². The third-order valence-electron chi connectivity index (χ3n) is 1.82. The lowest BCUT2D eigenvalue weighted by molar-refractivity contribution is 0.536. The molecule has 0 heterocycles. The first-order valence-electron chi connectivity index (χ1n) is 5.85. The van der Waals surface area contributed by atoms with Gasteiger partial charge in [0.25, 0.3) is 0 Å². The summed E-state index contributed by atoms with van der Waals surface area (Å²) >= 11 is 7.11. The lowest BCUT2D eigenvalue weighted by Gasteiger charge is -2.24. The average Bonchev–Trinajstić information content (AvgIpc) is 2.08. The molecule has 0 bridgehead atoms. The minimum absolute atomic E-state index is 0.879. The largest absolute Gasteiger partial charge is 0.544 e. The van der Waals surface area contributed by atoms with Gasteiger partial charge >= 0.3 is 0 Å². The maximum Gasteiger partial charge on any atom is 0.242 e. The minimum Gasteiger partial charge on any atom is -0.544 e. The summed E-state index contributed by atoms with van der Waals surface area (Å²) in [7, 11) is -3.20. The number of rotatable bonds is 4. The molecule has 0 radical (unpaired) electrons. The zero-order valence-corrected chi connectivity index (χ0v) is 16.9. The fourth-order valence-electron chi connectivity index (χ4n) is 1.33. The van der Waals surface area contributed by atoms with Gasteiger partial charge in [0.1, 0.15) is 11.5 Å². The molecule has 0 saturated carbocycles. The van der Waals surface area contributed by atoms with Gasteiger partial charge in [0, 0.05) is 0 Å². The maximum absolute atomic E-state index is 6.02. The first-order chi connectivity index (χ1) is 7.98. The SMILES string of the molecule is C[Si](C)(C)Oc1cc(Br)c(O[Si](C)(C)C)cc1Br. The molecular formula is C12H20Br2O2Si2. The highest BCUT2D eigenvalue weighted by atomic mass is 79.9. The fourth-order valence-corrected chi connectivity index (χ4v) is 4.09. The number of hydrogen-bond donors (Lipinski definition) is 0. The average molecular weight is 412 g/mol. The van der Waals surface area contributed by atoms with Crippen LogP contribution in [0.2, 0.25) is 39.3 Å². The molecule has 0 fully saturated rings. The fraction of sp³-hybridized carbons (Fsp3) is 0.500. The molecule has 0 aliphatic carbocycles. The summed E-state index contributed by atoms with van der Waals surface area (Å²) < 4.78 is 13.9. The van der Waals surface area contributed by atoms with Gasteiger partial charge in [0.05, 0.1) is 8.95 Å². The van der Waals surface area contributed by atoms with Crippen molar-refractivity contribution in [3.8, 4) is 11.5 Å². The van der Waals surface area contributed by atoms with Crippen LogP contribution in [-0.4, -0.2) is 16.6 Å². The number of hydrogen-bond acceptors (Lipinski definition) is 2. The molecule has 0 atom stereocenters. The van der Waals surface area contributed by atoms with Gasteiger partial charge in [-0.05, 0) is 83.3 Å². The van der Waals surface area contributed by atoms with Crippen molar-refractivity contribution in [3.63, 3.8) is 0 Å². The summed E-state index contributed by atoms with van der Waals surface area (Å²) in [5.74, 6) is 1.76. The molecule has 0 N–H and O–H groups in total. The van der Waals surface area contributed by atoms with E-state index in [1.54, 1.807) is 0 Å². The molecule has 0 saturated heterocycles. The van der Waals surface area contributed by atoms with E-state index >= 15 is 0 Å². The normalized spacial score (nSPS) is 12.4. The summed E-state index contributed by atoms with van der Waals surface area (Å²) in [6.45, 7) is 13.0. The van der Waals surface area contributed by atoms with Crippen LogP contribution in [0.25, 0.3) is 0 Å². The molecule has 0 unspecified atom stereocenters. The van der Waals surface area contributed by atoms with Crippen molar-refractivity contribution in [2.24, 2.45) is 0 Å². The lowest BCUT2D eigenvalue weighted by Crippen LogP contribution is -2.30. The topological polar surface area (TPSA) is 18.5 Å². The number of halogens is 2. The van der Waals surface area contributed by atoms with E-state index in [4.69, 9.17) is 8.85 Å². The lowest BCUT2D eigenvalue weighted by atomic mass is 10.3. The smallest absolute Gasteiger partial charge is 0.242 e. The van der Waals surface area contributed by atoms with Gasteiger partial charge in [0.2, 0.25) is 16.6 Å². The van der Waals surface area contributed by atoms with Gasteiger partial charge in [-0.3, -0.25) is 0 Å². The van der Waals surface area contributed by atoms with Gasteiger partial charge in [-0.25, -0.2) is 0 Å². The van der Waals surface area contributed by atoms with Crippen LogP contribution in [0.5, 0.6) is 11.5 Å². The van der Waals surface area contributed by atoms with Crippen LogP contribution in [0, 0.1) is 0 Å². The van der Waals surface area contributed by atoms with Crippen molar-refractivity contribution in [1.82, 2.24) is 0 Å². The summed E-state index contributed by atoms with van der Waals surface area (Å²) in [6, 6.07) is 3.97. The second kappa shape index (κ2) is 5.68. The molecule has 1 rings (SSSR count). The molecule has 0 aliphatic rings. The maximum atomic E-state index is 6.02. The molecule has 0 aliphatic heterocycles. The molecule has 102 valence electrons. The standard InChI is InChI=1S/C12H20Br2O2Si2/c1-17(2,3)15-11-7-10(14)12(8-9(11)13)16-18(4,5)6/h7-8H,1-6H3. The van der Waals surface area contributed by atoms with Crippen molar-refractivity contribution in [3.05, 3.63) is 21.1 Å². The Kier molecular flexibility index (Phi) is 5.14. The summed E-state index contributed by atoms with van der Waals surface area (Å²) in [5.41, 5.74) is 0. The molecule has 0 aromatic heterocycles. The quantitative estimate of drug-likeness (QED) is 0.596. The highest BCUT2D eigenvalue weighted by Crippen LogP contribution is 2.38. The van der Waals surface area contributed by atoms with E-state index in [-0.39, 0.29) is 0 Å². The first-order valence-corrected chi connectivity index (χ1v) is 14.3. The second-order valence-corrected chi connectivity index (χ2v) is 16.7. The van der Waals surface area contributed by atoms with Crippen LogP contribution in [0.1, 0.15) is 0 Å². The van der Waals surface area contributed by atoms with Crippen molar-refractivity contribution >= 4 is 48.5 Å². The third kappa shape index (κ3) is 5.46. The monoisotopic (exact) mass is 410 g/mol. The molecule has 1 aromatic carbocycles. The highest BCUT2D eigenvalue weighted by molar-refractivity contribution is 9.11. The van der Waals surface area contributed by atoms with Crippen LogP contribution < -0.4 is 8.85 Å². The van der Waals surface area contributed by atoms with E-state index < -0.39 is 16.6 Å². The molecule has 2 nitrogen and oxygen atoms in total. The van der Waals surface area contributed by atoms with Crippen LogP contribution in [0.3, 0.4) is 0 Å². The van der Waals surface area contributed by atoms with Crippen LogP contribution in [-0.2, 0) is 0 Å². The Bertz CT molecular complexity index is 395. The predicted molar refractivity (Wildman–Crippen MR) is 89.8 cm³/mol. The first kappa shape index (κ1) is 16.3. The number of benzene rings is 1. The van der Waals surface area contributed by atoms with E-state index in [9.17, 15) is 0 Å². The van der Waals surface area contributed by atoms with Gasteiger partial charge < -0.3 is 8.85 Å². The Hall–Kier alpha value is 0.214. The molecular weight excluding hydrogens is 392 g/mol. The Labute approximate surface area is 129 Å². The third-order valence-corrected chi connectivity index (χ3v) is 4.72. The van der Waals surface area contributed by atoms with Crippen molar-refractivity contribution in [2.45, 2.75) is 39.3 Å². The van der Waals surface area contributed by atoms with Gasteiger partial charge in [-0.15, -0.1) is 0 Å². The van der Waals surface area contributed by atoms with Gasteiger partial charge in [0.15, 0.2) is 0 Å². The Balaban J connectivity index is 3.05. The zero-order chi connectivity index (χ0) is 14.1. The molecule has 18 heavy (non-hydrogen) atoms. The van der Waals surface area contributed by atoms with E-state index in [0.29, 0.717) is 0 Å². The van der Waals surface area contributed by atoms with Crippen LogP contribution in [0.4, 0.5) is 0 Å². The van der Waals surface area contributed by atoms with Crippen molar-refractivity contribution < 1.29 is 8.85 Å². The summed E-state index contributed by atoms with van der Waals surface area (Å²) in [6.07, 6.45) is 0. The van der Waals surface area contributed by atoms with Gasteiger partial charge in [-0.2, -0.15) is 0 Å². The van der Waals surface area contributed by atoms with E-state index in [1.165, 1.54) is 0 Å². The molecule has 6 heteroatoms. The highest BCUT2D eigenvalue weighted by Gasteiger charge is 2.21. The zero-order valence-electron chi connectivity index (χ0n) is 11.7. The van der Waals surface area contributed by atoms with E-state index in [2.05, 4.69) is 71.1 Å².